The van der Waals surface area contributed by atoms with Gasteiger partial charge in [0.1, 0.15) is 30.5 Å². The fourth-order valence-electron chi connectivity index (χ4n) is 8.12. The zero-order valence-electron chi connectivity index (χ0n) is 37.9. The molecule has 0 aromatic heterocycles. The van der Waals surface area contributed by atoms with E-state index in [0.29, 0.717) is 0 Å². The van der Waals surface area contributed by atoms with Crippen LogP contribution in [-0.4, -0.2) is 105 Å². The van der Waals surface area contributed by atoms with Crippen LogP contribution >= 0.6 is 0 Å². The molecule has 6 aromatic carbocycles. The SMILES string of the molecule is CO[C@H]1O[C@H](CO[C@@H]2O[C@H](CO)[C@@H](OC(=O)c3ccccc3)[C@H](OC(=O)c3ccccc3)[C@H]2OC(=O)c2ccccc2)[C@@H](OCc2ccccc2)[C@H](OCc2ccccc2)[C@H]1OCc1ccccc1. The Kier molecular flexibility index (Phi) is 17.4. The van der Waals surface area contributed by atoms with E-state index < -0.39 is 85.9 Å². The Morgan fingerprint density at radius 3 is 1.19 bits per heavy atom. The van der Waals surface area contributed by atoms with Crippen molar-refractivity contribution in [3.05, 3.63) is 215 Å². The molecule has 0 aliphatic carbocycles. The Hall–Kier alpha value is -6.59. The summed E-state index contributed by atoms with van der Waals surface area (Å²) in [4.78, 5) is 41.7. The van der Waals surface area contributed by atoms with E-state index in [4.69, 9.17) is 47.4 Å². The summed E-state index contributed by atoms with van der Waals surface area (Å²) in [5.74, 6) is -2.45. The highest BCUT2D eigenvalue weighted by atomic mass is 16.8. The van der Waals surface area contributed by atoms with Gasteiger partial charge in [-0.25, -0.2) is 14.4 Å². The first kappa shape index (κ1) is 48.9. The smallest absolute Gasteiger partial charge is 0.338 e. The summed E-state index contributed by atoms with van der Waals surface area (Å²) in [6.07, 6.45) is -12.1. The predicted octanol–water partition coefficient (Wildman–Crippen LogP) is 7.52. The number of carbonyl (C=O) groups is 3. The Bertz CT molecular complexity index is 2480. The predicted molar refractivity (Wildman–Crippen MR) is 249 cm³/mol. The molecule has 6 aromatic rings. The third-order valence-electron chi connectivity index (χ3n) is 11.6. The summed E-state index contributed by atoms with van der Waals surface area (Å²) < 4.78 is 64.1. The minimum absolute atomic E-state index is 0.148. The number of esters is 3. The molecular formula is C55H54O14. The van der Waals surface area contributed by atoms with Gasteiger partial charge in [0.2, 0.25) is 0 Å². The number of ether oxygens (including phenoxy) is 10. The van der Waals surface area contributed by atoms with Crippen LogP contribution in [0.3, 0.4) is 0 Å². The molecule has 69 heavy (non-hydrogen) atoms. The molecule has 14 nitrogen and oxygen atoms in total. The molecular weight excluding hydrogens is 885 g/mol. The number of methoxy groups -OCH3 is 1. The van der Waals surface area contributed by atoms with E-state index in [9.17, 15) is 19.5 Å². The van der Waals surface area contributed by atoms with Crippen molar-refractivity contribution in [2.75, 3.05) is 20.3 Å². The molecule has 2 fully saturated rings. The topological polar surface area (TPSA) is 164 Å². The minimum atomic E-state index is -1.60. The molecule has 8 rings (SSSR count). The number of hydrogen-bond donors (Lipinski definition) is 1. The summed E-state index contributed by atoms with van der Waals surface area (Å²) in [6.45, 7) is -0.500. The van der Waals surface area contributed by atoms with E-state index in [0.717, 1.165) is 16.7 Å². The highest BCUT2D eigenvalue weighted by molar-refractivity contribution is 5.91. The van der Waals surface area contributed by atoms with Crippen molar-refractivity contribution in [2.45, 2.75) is 81.2 Å². The van der Waals surface area contributed by atoms with Crippen molar-refractivity contribution < 1.29 is 66.9 Å². The molecule has 0 spiro atoms. The lowest BCUT2D eigenvalue weighted by Crippen LogP contribution is -2.64. The van der Waals surface area contributed by atoms with Gasteiger partial charge < -0.3 is 52.5 Å². The number of rotatable bonds is 20. The molecule has 1 N–H and O–H groups in total. The van der Waals surface area contributed by atoms with Crippen LogP contribution in [0, 0.1) is 0 Å². The van der Waals surface area contributed by atoms with E-state index in [1.54, 1.807) is 91.0 Å². The monoisotopic (exact) mass is 938 g/mol. The van der Waals surface area contributed by atoms with Crippen molar-refractivity contribution >= 4 is 17.9 Å². The first-order valence-electron chi connectivity index (χ1n) is 22.7. The van der Waals surface area contributed by atoms with Crippen LogP contribution < -0.4 is 0 Å². The summed E-state index contributed by atoms with van der Waals surface area (Å²) in [5.41, 5.74) is 3.20. The summed E-state index contributed by atoms with van der Waals surface area (Å²) in [6, 6.07) is 53.4. The number of hydrogen-bond acceptors (Lipinski definition) is 14. The second-order valence-electron chi connectivity index (χ2n) is 16.3. The summed E-state index contributed by atoms with van der Waals surface area (Å²) >= 11 is 0. The fourth-order valence-corrected chi connectivity index (χ4v) is 8.12. The maximum atomic E-state index is 14.0. The van der Waals surface area contributed by atoms with Gasteiger partial charge in [-0.1, -0.05) is 146 Å². The van der Waals surface area contributed by atoms with Gasteiger partial charge in [0.05, 0.1) is 49.7 Å². The van der Waals surface area contributed by atoms with Crippen molar-refractivity contribution in [3.63, 3.8) is 0 Å². The molecule has 2 aliphatic heterocycles. The van der Waals surface area contributed by atoms with Crippen molar-refractivity contribution in [2.24, 2.45) is 0 Å². The Morgan fingerprint density at radius 1 is 0.406 bits per heavy atom. The van der Waals surface area contributed by atoms with Crippen LogP contribution in [0.2, 0.25) is 0 Å². The second-order valence-corrected chi connectivity index (χ2v) is 16.3. The Balaban J connectivity index is 1.14. The van der Waals surface area contributed by atoms with Gasteiger partial charge in [0, 0.05) is 7.11 Å². The molecule has 14 heteroatoms. The van der Waals surface area contributed by atoms with Crippen LogP contribution in [-0.2, 0) is 67.2 Å². The van der Waals surface area contributed by atoms with Gasteiger partial charge in [-0.2, -0.15) is 0 Å². The number of aliphatic hydroxyl groups is 1. The van der Waals surface area contributed by atoms with Crippen LogP contribution in [0.4, 0.5) is 0 Å². The third kappa shape index (κ3) is 12.9. The Morgan fingerprint density at radius 2 is 0.768 bits per heavy atom. The molecule has 0 unspecified atom stereocenters. The van der Waals surface area contributed by atoms with Crippen molar-refractivity contribution in [3.8, 4) is 0 Å². The van der Waals surface area contributed by atoms with Gasteiger partial charge in [0.15, 0.2) is 30.9 Å². The largest absolute Gasteiger partial charge is 0.452 e. The molecule has 0 saturated carbocycles. The zero-order valence-corrected chi connectivity index (χ0v) is 37.9. The van der Waals surface area contributed by atoms with Crippen molar-refractivity contribution in [1.29, 1.82) is 0 Å². The number of benzene rings is 6. The normalized spacial score (nSPS) is 24.4. The summed E-state index contributed by atoms with van der Waals surface area (Å²) in [7, 11) is 1.50. The Labute approximate surface area is 400 Å². The van der Waals surface area contributed by atoms with E-state index in [-0.39, 0.29) is 43.1 Å². The highest BCUT2D eigenvalue weighted by Crippen LogP contribution is 2.35. The lowest BCUT2D eigenvalue weighted by molar-refractivity contribution is -0.340. The zero-order chi connectivity index (χ0) is 47.8. The van der Waals surface area contributed by atoms with E-state index >= 15 is 0 Å². The third-order valence-corrected chi connectivity index (χ3v) is 11.6. The minimum Gasteiger partial charge on any atom is -0.452 e. The second kappa shape index (κ2) is 24.6. The van der Waals surface area contributed by atoms with E-state index in [1.807, 2.05) is 91.0 Å². The van der Waals surface area contributed by atoms with Gasteiger partial charge in [-0.15, -0.1) is 0 Å². The van der Waals surface area contributed by atoms with Crippen LogP contribution in [0.25, 0.3) is 0 Å². The lowest BCUT2D eigenvalue weighted by Gasteiger charge is -2.47. The maximum absolute atomic E-state index is 14.0. The van der Waals surface area contributed by atoms with E-state index in [2.05, 4.69) is 0 Å². The molecule has 2 heterocycles. The molecule has 0 amide bonds. The van der Waals surface area contributed by atoms with Crippen LogP contribution in [0.15, 0.2) is 182 Å². The molecule has 2 saturated heterocycles. The first-order chi connectivity index (χ1) is 33.9. The molecule has 0 bridgehead atoms. The maximum Gasteiger partial charge on any atom is 0.338 e. The standard InChI is InChI=1S/C55H54O14/c1-60-54-49(63-35-39-24-12-4-13-25-39)47(62-34-38-22-10-3-11-23-38)45(61-33-37-20-8-2-9-21-37)44(66-54)36-64-55-50(69-53(59)42-30-18-7-19-31-42)48(68-52(58)41-28-16-6-17-29-41)46(43(32-56)65-55)67-51(57)40-26-14-5-15-27-40/h2-31,43-50,54-56H,32-36H2,1H3/t43-,44-,45-,46-,47+,48+,49-,50-,54+,55-/m1/s1. The van der Waals surface area contributed by atoms with Crippen molar-refractivity contribution in [1.82, 2.24) is 0 Å². The molecule has 10 atom stereocenters. The van der Waals surface area contributed by atoms with Gasteiger partial charge in [-0.3, -0.25) is 0 Å². The fraction of sp³-hybridized carbons (Fsp3) is 0.291. The average Bonchev–Trinajstić information content (AvgIpc) is 3.41. The highest BCUT2D eigenvalue weighted by Gasteiger charge is 2.55. The quantitative estimate of drug-likeness (QED) is 0.0590. The van der Waals surface area contributed by atoms with Gasteiger partial charge in [-0.05, 0) is 53.1 Å². The molecule has 358 valence electrons. The van der Waals surface area contributed by atoms with Gasteiger partial charge >= 0.3 is 17.9 Å². The first-order valence-corrected chi connectivity index (χ1v) is 22.7. The summed E-state index contributed by atoms with van der Waals surface area (Å²) in [5, 5.41) is 10.9. The van der Waals surface area contributed by atoms with Gasteiger partial charge in [0.25, 0.3) is 0 Å². The molecule has 0 radical (unpaired) electrons. The van der Waals surface area contributed by atoms with E-state index in [1.165, 1.54) is 7.11 Å². The average molecular weight is 939 g/mol. The van der Waals surface area contributed by atoms with Crippen LogP contribution in [0.5, 0.6) is 0 Å². The molecule has 2 aliphatic rings. The lowest BCUT2D eigenvalue weighted by atomic mass is 9.96. The number of aliphatic hydroxyl groups excluding tert-OH is 1. The number of carbonyl (C=O) groups excluding carboxylic acids is 3. The van der Waals surface area contributed by atoms with Crippen LogP contribution in [0.1, 0.15) is 47.8 Å².